The van der Waals surface area contributed by atoms with Crippen LogP contribution in [0.15, 0.2) is 12.1 Å². The smallest absolute Gasteiger partial charge is 0.262 e. The largest absolute Gasteiger partial charge is 0.300 e. The number of rotatable bonds is 7. The first-order valence-electron chi connectivity index (χ1n) is 8.42. The summed E-state index contributed by atoms with van der Waals surface area (Å²) in [4.78, 5) is 49.7. The molecule has 0 N–H and O–H groups in total. The van der Waals surface area contributed by atoms with E-state index in [2.05, 4.69) is 0 Å². The number of carbonyl (C=O) groups excluding carboxylic acids is 4. The van der Waals surface area contributed by atoms with Gasteiger partial charge in [-0.05, 0) is 37.0 Å². The molecule has 0 saturated carbocycles. The van der Waals surface area contributed by atoms with E-state index in [0.29, 0.717) is 12.0 Å². The summed E-state index contributed by atoms with van der Waals surface area (Å²) in [7, 11) is 0. The fraction of sp³-hybridized carbons (Fsp3) is 0.474. The Labute approximate surface area is 146 Å². The van der Waals surface area contributed by atoms with Crippen LogP contribution in [0.3, 0.4) is 0 Å². The maximum atomic E-state index is 14.2. The van der Waals surface area contributed by atoms with Crippen molar-refractivity contribution in [3.63, 3.8) is 0 Å². The summed E-state index contributed by atoms with van der Waals surface area (Å²) in [6, 6.07) is 1.46. The molecule has 0 spiro atoms. The van der Waals surface area contributed by atoms with Gasteiger partial charge in [0.2, 0.25) is 0 Å². The summed E-state index contributed by atoms with van der Waals surface area (Å²) >= 11 is 0. The summed E-state index contributed by atoms with van der Waals surface area (Å²) in [6.07, 6.45) is 0.530. The Morgan fingerprint density at radius 2 is 1.68 bits per heavy atom. The van der Waals surface area contributed by atoms with E-state index in [1.807, 2.05) is 0 Å². The highest BCUT2D eigenvalue weighted by Gasteiger charge is 2.42. The Morgan fingerprint density at radius 3 is 2.16 bits per heavy atom. The lowest BCUT2D eigenvalue weighted by Crippen LogP contribution is -2.44. The highest BCUT2D eigenvalue weighted by atomic mass is 19.1. The summed E-state index contributed by atoms with van der Waals surface area (Å²) in [5.41, 5.74) is 0.436. The van der Waals surface area contributed by atoms with Gasteiger partial charge in [-0.1, -0.05) is 20.8 Å². The normalized spacial score (nSPS) is 14.9. The lowest BCUT2D eigenvalue weighted by Gasteiger charge is -2.23. The van der Waals surface area contributed by atoms with Gasteiger partial charge < -0.3 is 0 Å². The molecule has 1 atom stereocenters. The maximum Gasteiger partial charge on any atom is 0.262 e. The minimum atomic E-state index is -1.01. The van der Waals surface area contributed by atoms with Crippen LogP contribution in [0.1, 0.15) is 79.2 Å². The van der Waals surface area contributed by atoms with Gasteiger partial charge in [0.05, 0.1) is 17.2 Å². The quantitative estimate of drug-likeness (QED) is 0.710. The van der Waals surface area contributed by atoms with Gasteiger partial charge in [-0.15, -0.1) is 0 Å². The molecule has 1 aliphatic rings. The fourth-order valence-corrected chi connectivity index (χ4v) is 3.01. The van der Waals surface area contributed by atoms with Crippen molar-refractivity contribution in [2.24, 2.45) is 0 Å². The third kappa shape index (κ3) is 3.52. The van der Waals surface area contributed by atoms with Crippen molar-refractivity contribution < 1.29 is 23.6 Å². The van der Waals surface area contributed by atoms with E-state index in [1.54, 1.807) is 20.8 Å². The van der Waals surface area contributed by atoms with E-state index in [4.69, 9.17) is 0 Å². The number of nitrogens with zero attached hydrogens (tertiary/aromatic N) is 1. The molecule has 0 aromatic heterocycles. The Bertz CT molecular complexity index is 754. The lowest BCUT2D eigenvalue weighted by molar-refractivity contribution is -0.122. The van der Waals surface area contributed by atoms with Crippen molar-refractivity contribution in [2.75, 3.05) is 0 Å². The molecular weight excluding hydrogens is 325 g/mol. The number of Topliss-reactive ketones (excluding diaryl/α,β-unsaturated/α-hetero) is 2. The summed E-state index contributed by atoms with van der Waals surface area (Å²) in [5, 5.41) is 0. The van der Waals surface area contributed by atoms with Gasteiger partial charge in [0.15, 0.2) is 5.78 Å². The van der Waals surface area contributed by atoms with Gasteiger partial charge in [0.1, 0.15) is 11.6 Å². The van der Waals surface area contributed by atoms with Crippen molar-refractivity contribution in [1.29, 1.82) is 0 Å². The minimum Gasteiger partial charge on any atom is -0.300 e. The van der Waals surface area contributed by atoms with Gasteiger partial charge in [-0.2, -0.15) is 0 Å². The number of fused-ring (bicyclic) bond motifs is 1. The molecule has 0 bridgehead atoms. The third-order valence-electron chi connectivity index (χ3n) is 4.53. The van der Waals surface area contributed by atoms with Gasteiger partial charge in [0.25, 0.3) is 11.8 Å². The molecule has 0 radical (unpaired) electrons. The number of benzene rings is 1. The first-order valence-corrected chi connectivity index (χ1v) is 8.42. The van der Waals surface area contributed by atoms with Gasteiger partial charge in [0, 0.05) is 12.8 Å². The predicted octanol–water partition coefficient (Wildman–Crippen LogP) is 3.26. The molecule has 5 nitrogen and oxygen atoms in total. The molecule has 1 unspecified atom stereocenters. The van der Waals surface area contributed by atoms with Crippen molar-refractivity contribution in [3.8, 4) is 0 Å². The first-order chi connectivity index (χ1) is 11.7. The van der Waals surface area contributed by atoms with Gasteiger partial charge in [-0.3, -0.25) is 24.1 Å². The lowest BCUT2D eigenvalue weighted by atomic mass is 9.97. The predicted molar refractivity (Wildman–Crippen MR) is 90.0 cm³/mol. The molecule has 1 aromatic rings. The number of carbonyl (C=O) groups is 4. The molecule has 2 rings (SSSR count). The summed E-state index contributed by atoms with van der Waals surface area (Å²) < 4.78 is 14.2. The van der Waals surface area contributed by atoms with E-state index in [-0.39, 0.29) is 41.5 Å². The topological polar surface area (TPSA) is 71.5 Å². The molecule has 0 saturated heterocycles. The maximum absolute atomic E-state index is 14.2. The van der Waals surface area contributed by atoms with E-state index < -0.39 is 23.7 Å². The second-order valence-corrected chi connectivity index (χ2v) is 6.61. The van der Waals surface area contributed by atoms with Crippen LogP contribution in [0.2, 0.25) is 0 Å². The van der Waals surface area contributed by atoms with Crippen LogP contribution in [0.5, 0.6) is 0 Å². The monoisotopic (exact) mass is 347 g/mol. The van der Waals surface area contributed by atoms with Crippen LogP contribution in [0, 0.1) is 5.82 Å². The molecule has 0 aliphatic carbocycles. The zero-order chi connectivity index (χ0) is 18.9. The van der Waals surface area contributed by atoms with Crippen molar-refractivity contribution in [2.45, 2.75) is 58.9 Å². The Balaban J connectivity index is 2.39. The highest BCUT2D eigenvalue weighted by molar-refractivity contribution is 6.23. The second-order valence-electron chi connectivity index (χ2n) is 6.61. The van der Waals surface area contributed by atoms with Crippen LogP contribution in [0.25, 0.3) is 0 Å². The molecule has 2 amide bonds. The number of imide groups is 1. The zero-order valence-electron chi connectivity index (χ0n) is 14.9. The van der Waals surface area contributed by atoms with Gasteiger partial charge >= 0.3 is 0 Å². The Kier molecular flexibility index (Phi) is 5.50. The third-order valence-corrected chi connectivity index (χ3v) is 4.53. The molecule has 1 heterocycles. The number of ketones is 2. The molecule has 1 aromatic carbocycles. The van der Waals surface area contributed by atoms with Crippen LogP contribution in [0.4, 0.5) is 4.39 Å². The Hall–Kier alpha value is -2.37. The molecular formula is C19H22FNO4. The number of hydrogen-bond acceptors (Lipinski definition) is 4. The summed E-state index contributed by atoms with van der Waals surface area (Å²) in [6.45, 7) is 6.57. The van der Waals surface area contributed by atoms with Crippen LogP contribution >= 0.6 is 0 Å². The van der Waals surface area contributed by atoms with E-state index >= 15 is 0 Å². The molecule has 1 aliphatic heterocycles. The van der Waals surface area contributed by atoms with Crippen LogP contribution in [-0.2, 0) is 9.59 Å². The fourth-order valence-electron chi connectivity index (χ4n) is 3.01. The minimum absolute atomic E-state index is 0.0278. The number of hydrogen-bond donors (Lipinski definition) is 0. The molecule has 25 heavy (non-hydrogen) atoms. The second kappa shape index (κ2) is 7.25. The van der Waals surface area contributed by atoms with E-state index in [0.717, 1.165) is 11.0 Å². The highest BCUT2D eigenvalue weighted by Crippen LogP contribution is 2.31. The molecule has 0 fully saturated rings. The van der Waals surface area contributed by atoms with Gasteiger partial charge in [-0.25, -0.2) is 4.39 Å². The SMILES string of the molecule is CCC(=O)CCC(C(C)=O)N1C(=O)c2cc(F)c(C(C)C)cc2C1=O. The van der Waals surface area contributed by atoms with Crippen LogP contribution < -0.4 is 0 Å². The average molecular weight is 347 g/mol. The average Bonchev–Trinajstić information content (AvgIpc) is 2.78. The first kappa shape index (κ1) is 19.0. The summed E-state index contributed by atoms with van der Waals surface area (Å²) in [5.74, 6) is -2.39. The number of amides is 2. The standard InChI is InChI=1S/C19H22FNO4/c1-5-12(23)6-7-17(11(4)22)21-18(24)14-8-13(10(2)3)16(20)9-15(14)19(21)25/h8-10,17H,5-7H2,1-4H3. The zero-order valence-corrected chi connectivity index (χ0v) is 14.9. The van der Waals surface area contributed by atoms with Crippen molar-refractivity contribution in [3.05, 3.63) is 34.6 Å². The van der Waals surface area contributed by atoms with Crippen molar-refractivity contribution in [1.82, 2.24) is 4.90 Å². The van der Waals surface area contributed by atoms with E-state index in [1.165, 1.54) is 13.0 Å². The Morgan fingerprint density at radius 1 is 1.12 bits per heavy atom. The molecule has 6 heteroatoms. The van der Waals surface area contributed by atoms with E-state index in [9.17, 15) is 23.6 Å². The molecule has 134 valence electrons. The van der Waals surface area contributed by atoms with Crippen LogP contribution in [-0.4, -0.2) is 34.3 Å². The van der Waals surface area contributed by atoms with Crippen molar-refractivity contribution >= 4 is 23.4 Å². The number of halogens is 1.